The van der Waals surface area contributed by atoms with Crippen LogP contribution in [0.4, 0.5) is 11.5 Å². The van der Waals surface area contributed by atoms with Gasteiger partial charge in [0.2, 0.25) is 5.91 Å². The molecule has 0 spiro atoms. The maximum atomic E-state index is 12.5. The maximum absolute atomic E-state index is 12.5. The number of sulfonamides is 1. The topological polar surface area (TPSA) is 93.1 Å². The number of nitrogens with one attached hydrogen (secondary N) is 2. The quantitative estimate of drug-likeness (QED) is 0.874. The van der Waals surface area contributed by atoms with Crippen molar-refractivity contribution in [2.45, 2.75) is 37.6 Å². The second-order valence-electron chi connectivity index (χ2n) is 5.47. The van der Waals surface area contributed by atoms with Crippen molar-refractivity contribution in [3.05, 3.63) is 36.3 Å². The molecule has 1 aromatic carbocycles. The molecule has 0 aliphatic carbocycles. The van der Waals surface area contributed by atoms with Gasteiger partial charge in [0.15, 0.2) is 5.82 Å². The molecule has 8 heteroatoms. The summed E-state index contributed by atoms with van der Waals surface area (Å²) in [6.45, 7) is 2.82. The molecule has 0 atom stereocenters. The molecule has 0 saturated heterocycles. The zero-order valence-electron chi connectivity index (χ0n) is 12.7. The number of benzene rings is 1. The van der Waals surface area contributed by atoms with Gasteiger partial charge < -0.3 is 9.88 Å². The van der Waals surface area contributed by atoms with E-state index in [0.29, 0.717) is 24.3 Å². The zero-order chi connectivity index (χ0) is 16.4. The standard InChI is InChI=1S/C15H18N4O3S/c1-2-7-19-9-14(16-10-19)18-23(21,22)12-4-5-13-11(8-12)3-6-15(20)17-13/h4-5,8-10,18H,2-3,6-7H2,1H3,(H,17,20). The van der Waals surface area contributed by atoms with Crippen molar-refractivity contribution in [1.82, 2.24) is 9.55 Å². The van der Waals surface area contributed by atoms with Crippen LogP contribution >= 0.6 is 0 Å². The molecule has 1 aliphatic rings. The highest BCUT2D eigenvalue weighted by atomic mass is 32.2. The van der Waals surface area contributed by atoms with Gasteiger partial charge in [0, 0.05) is 24.8 Å². The lowest BCUT2D eigenvalue weighted by Gasteiger charge is -2.17. The largest absolute Gasteiger partial charge is 0.335 e. The first-order valence-electron chi connectivity index (χ1n) is 7.45. The third kappa shape index (κ3) is 3.37. The van der Waals surface area contributed by atoms with Crippen LogP contribution in [0.1, 0.15) is 25.3 Å². The van der Waals surface area contributed by atoms with Crippen LogP contribution in [0, 0.1) is 0 Å². The highest BCUT2D eigenvalue weighted by Gasteiger charge is 2.20. The number of carbonyl (C=O) groups excluding carboxylic acids is 1. The molecule has 1 aliphatic heterocycles. The summed E-state index contributed by atoms with van der Waals surface area (Å²) in [6, 6.07) is 4.70. The maximum Gasteiger partial charge on any atom is 0.263 e. The molecule has 0 radical (unpaired) electrons. The van der Waals surface area contributed by atoms with Crippen LogP contribution in [-0.4, -0.2) is 23.9 Å². The van der Waals surface area contributed by atoms with E-state index in [4.69, 9.17) is 0 Å². The van der Waals surface area contributed by atoms with Crippen molar-refractivity contribution in [3.8, 4) is 0 Å². The first-order valence-corrected chi connectivity index (χ1v) is 8.93. The fourth-order valence-corrected chi connectivity index (χ4v) is 3.56. The highest BCUT2D eigenvalue weighted by molar-refractivity contribution is 7.92. The molecule has 1 aromatic heterocycles. The molecule has 0 bridgehead atoms. The summed E-state index contributed by atoms with van der Waals surface area (Å²) < 4.78 is 29.3. The molecule has 2 aromatic rings. The van der Waals surface area contributed by atoms with E-state index in [9.17, 15) is 13.2 Å². The molecule has 0 fully saturated rings. The van der Waals surface area contributed by atoms with Crippen LogP contribution in [0.25, 0.3) is 0 Å². The number of nitrogens with zero attached hydrogens (tertiary/aromatic N) is 2. The van der Waals surface area contributed by atoms with Crippen molar-refractivity contribution in [1.29, 1.82) is 0 Å². The Hall–Kier alpha value is -2.35. The Bertz CT molecular complexity index is 842. The second kappa shape index (κ2) is 6.04. The Morgan fingerprint density at radius 3 is 2.96 bits per heavy atom. The molecular weight excluding hydrogens is 316 g/mol. The van der Waals surface area contributed by atoms with Crippen molar-refractivity contribution in [2.24, 2.45) is 0 Å². The minimum absolute atomic E-state index is 0.0484. The summed E-state index contributed by atoms with van der Waals surface area (Å²) >= 11 is 0. The molecule has 0 saturated carbocycles. The lowest BCUT2D eigenvalue weighted by molar-refractivity contribution is -0.116. The summed E-state index contributed by atoms with van der Waals surface area (Å²) in [7, 11) is -3.70. The molecule has 1 amide bonds. The first-order chi connectivity index (χ1) is 11.0. The van der Waals surface area contributed by atoms with Gasteiger partial charge >= 0.3 is 0 Å². The second-order valence-corrected chi connectivity index (χ2v) is 7.15. The number of hydrogen-bond acceptors (Lipinski definition) is 4. The van der Waals surface area contributed by atoms with E-state index in [1.54, 1.807) is 24.7 Å². The number of carbonyl (C=O) groups is 1. The van der Waals surface area contributed by atoms with E-state index >= 15 is 0 Å². The van der Waals surface area contributed by atoms with Crippen LogP contribution in [0.5, 0.6) is 0 Å². The summed E-state index contributed by atoms with van der Waals surface area (Å²) in [4.78, 5) is 15.6. The van der Waals surface area contributed by atoms with Gasteiger partial charge in [-0.2, -0.15) is 0 Å². The Labute approximate surface area is 134 Å². The van der Waals surface area contributed by atoms with E-state index in [2.05, 4.69) is 15.0 Å². The van der Waals surface area contributed by atoms with E-state index in [1.807, 2.05) is 11.5 Å². The van der Waals surface area contributed by atoms with Crippen LogP contribution in [-0.2, 0) is 27.8 Å². The van der Waals surface area contributed by atoms with Crippen LogP contribution < -0.4 is 10.0 Å². The lowest BCUT2D eigenvalue weighted by Crippen LogP contribution is -2.20. The van der Waals surface area contributed by atoms with Crippen molar-refractivity contribution in [2.75, 3.05) is 10.0 Å². The van der Waals surface area contributed by atoms with Crippen LogP contribution in [0.15, 0.2) is 35.6 Å². The predicted octanol–water partition coefficient (Wildman–Crippen LogP) is 1.98. The van der Waals surface area contributed by atoms with Gasteiger partial charge in [-0.15, -0.1) is 0 Å². The third-order valence-electron chi connectivity index (χ3n) is 3.64. The minimum Gasteiger partial charge on any atom is -0.335 e. The smallest absolute Gasteiger partial charge is 0.263 e. The van der Waals surface area contributed by atoms with E-state index < -0.39 is 10.0 Å². The molecule has 122 valence electrons. The summed E-state index contributed by atoms with van der Waals surface area (Å²) in [5.74, 6) is 0.247. The minimum atomic E-state index is -3.70. The molecular formula is C15H18N4O3S. The normalized spacial score (nSPS) is 14.2. The number of aryl methyl sites for hydroxylation is 2. The Balaban J connectivity index is 1.83. The van der Waals surface area contributed by atoms with Gasteiger partial charge in [-0.25, -0.2) is 13.4 Å². The van der Waals surface area contributed by atoms with Gasteiger partial charge in [-0.1, -0.05) is 6.92 Å². The van der Waals surface area contributed by atoms with Gasteiger partial charge in [-0.3, -0.25) is 9.52 Å². The summed E-state index contributed by atoms with van der Waals surface area (Å²) in [6.07, 6.45) is 5.11. The van der Waals surface area contributed by atoms with Gasteiger partial charge in [0.05, 0.1) is 11.2 Å². The SMILES string of the molecule is CCCn1cnc(NS(=O)(=O)c2ccc3c(c2)CCC(=O)N3)c1. The number of aromatic nitrogens is 2. The predicted molar refractivity (Wildman–Crippen MR) is 86.7 cm³/mol. The molecule has 23 heavy (non-hydrogen) atoms. The summed E-state index contributed by atoms with van der Waals surface area (Å²) in [5, 5.41) is 2.74. The van der Waals surface area contributed by atoms with Crippen molar-refractivity contribution >= 4 is 27.4 Å². The van der Waals surface area contributed by atoms with Gasteiger partial charge in [0.25, 0.3) is 10.0 Å². The van der Waals surface area contributed by atoms with Crippen molar-refractivity contribution in [3.63, 3.8) is 0 Å². The first kappa shape index (κ1) is 15.5. The van der Waals surface area contributed by atoms with E-state index in [-0.39, 0.29) is 10.8 Å². The van der Waals surface area contributed by atoms with E-state index in [1.165, 1.54) is 6.07 Å². The number of imidazole rings is 1. The van der Waals surface area contributed by atoms with E-state index in [0.717, 1.165) is 18.5 Å². The Kier molecular flexibility index (Phi) is 4.08. The molecule has 0 unspecified atom stereocenters. The summed E-state index contributed by atoms with van der Waals surface area (Å²) in [5.41, 5.74) is 1.50. The Morgan fingerprint density at radius 1 is 1.35 bits per heavy atom. The molecule has 2 N–H and O–H groups in total. The number of fused-ring (bicyclic) bond motifs is 1. The van der Waals surface area contributed by atoms with Crippen molar-refractivity contribution < 1.29 is 13.2 Å². The van der Waals surface area contributed by atoms with Gasteiger partial charge in [-0.05, 0) is 36.6 Å². The fraction of sp³-hybridized carbons (Fsp3) is 0.333. The molecule has 2 heterocycles. The number of hydrogen-bond donors (Lipinski definition) is 2. The van der Waals surface area contributed by atoms with Crippen LogP contribution in [0.3, 0.4) is 0 Å². The van der Waals surface area contributed by atoms with Gasteiger partial charge in [0.1, 0.15) is 0 Å². The number of anilines is 2. The lowest BCUT2D eigenvalue weighted by atomic mass is 10.0. The third-order valence-corrected chi connectivity index (χ3v) is 4.99. The Morgan fingerprint density at radius 2 is 2.17 bits per heavy atom. The zero-order valence-corrected chi connectivity index (χ0v) is 13.6. The molecule has 7 nitrogen and oxygen atoms in total. The average molecular weight is 334 g/mol. The monoisotopic (exact) mass is 334 g/mol. The highest BCUT2D eigenvalue weighted by Crippen LogP contribution is 2.26. The average Bonchev–Trinajstić information content (AvgIpc) is 2.93. The number of amides is 1. The fourth-order valence-electron chi connectivity index (χ4n) is 2.52. The number of rotatable bonds is 5. The van der Waals surface area contributed by atoms with Crippen LogP contribution in [0.2, 0.25) is 0 Å². The molecule has 3 rings (SSSR count).